The van der Waals surface area contributed by atoms with Crippen molar-refractivity contribution in [2.45, 2.75) is 44.6 Å². The highest BCUT2D eigenvalue weighted by Crippen LogP contribution is 2.29. The molecule has 0 aliphatic heterocycles. The van der Waals surface area contributed by atoms with Crippen molar-refractivity contribution in [3.8, 4) is 0 Å². The maximum Gasteiger partial charge on any atom is 0.0583 e. The Morgan fingerprint density at radius 2 is 1.81 bits per heavy atom. The molecule has 1 aliphatic rings. The molecular weight excluding hydrogens is 264 g/mol. The van der Waals surface area contributed by atoms with E-state index in [0.29, 0.717) is 0 Å². The van der Waals surface area contributed by atoms with Crippen molar-refractivity contribution in [2.75, 3.05) is 0 Å². The van der Waals surface area contributed by atoms with Crippen LogP contribution >= 0.6 is 15.9 Å². The highest BCUT2D eigenvalue weighted by molar-refractivity contribution is 9.10. The molecule has 1 aromatic rings. The van der Waals surface area contributed by atoms with Crippen molar-refractivity contribution < 1.29 is 5.11 Å². The third-order valence-electron chi connectivity index (χ3n) is 3.46. The molecule has 1 N–H and O–H groups in total. The normalized spacial score (nSPS) is 18.9. The van der Waals surface area contributed by atoms with Gasteiger partial charge in [0.2, 0.25) is 0 Å². The third-order valence-corrected chi connectivity index (χ3v) is 3.99. The summed E-state index contributed by atoms with van der Waals surface area (Å²) in [4.78, 5) is 0. The lowest BCUT2D eigenvalue weighted by Gasteiger charge is -2.15. The predicted octanol–water partition coefficient (Wildman–Crippen LogP) is 3.93. The number of aliphatic hydroxyl groups is 1. The zero-order valence-electron chi connectivity index (χ0n) is 9.53. The van der Waals surface area contributed by atoms with Crippen LogP contribution in [0, 0.1) is 5.92 Å². The Labute approximate surface area is 106 Å². The van der Waals surface area contributed by atoms with E-state index in [1.807, 2.05) is 12.1 Å². The van der Waals surface area contributed by atoms with Crippen LogP contribution in [0.1, 0.15) is 37.7 Å². The monoisotopic (exact) mass is 282 g/mol. The lowest BCUT2D eigenvalue weighted by molar-refractivity contribution is 0.143. The highest BCUT2D eigenvalue weighted by Gasteiger charge is 2.18. The van der Waals surface area contributed by atoms with Gasteiger partial charge < -0.3 is 5.11 Å². The summed E-state index contributed by atoms with van der Waals surface area (Å²) in [5, 5.41) is 10.0. The fourth-order valence-corrected chi connectivity index (χ4v) is 2.87. The minimum atomic E-state index is -0.163. The zero-order chi connectivity index (χ0) is 11.4. The summed E-state index contributed by atoms with van der Waals surface area (Å²) in [6.45, 7) is 0. The van der Waals surface area contributed by atoms with Gasteiger partial charge in [-0.15, -0.1) is 0 Å². The van der Waals surface area contributed by atoms with Crippen LogP contribution in [0.15, 0.2) is 28.7 Å². The summed E-state index contributed by atoms with van der Waals surface area (Å²) in [5.41, 5.74) is 1.23. The van der Waals surface area contributed by atoms with Gasteiger partial charge in [0, 0.05) is 4.47 Å². The second-order valence-electron chi connectivity index (χ2n) is 4.87. The van der Waals surface area contributed by atoms with E-state index >= 15 is 0 Å². The first-order valence-electron chi connectivity index (χ1n) is 6.16. The van der Waals surface area contributed by atoms with E-state index in [4.69, 9.17) is 0 Å². The van der Waals surface area contributed by atoms with Crippen LogP contribution in [0.3, 0.4) is 0 Å². The molecule has 1 unspecified atom stereocenters. The summed E-state index contributed by atoms with van der Waals surface area (Å²) < 4.78 is 1.10. The summed E-state index contributed by atoms with van der Waals surface area (Å²) >= 11 is 3.42. The van der Waals surface area contributed by atoms with E-state index < -0.39 is 0 Å². The molecule has 0 radical (unpaired) electrons. The zero-order valence-corrected chi connectivity index (χ0v) is 11.1. The van der Waals surface area contributed by atoms with E-state index in [1.54, 1.807) is 0 Å². The quantitative estimate of drug-likeness (QED) is 0.887. The lowest BCUT2D eigenvalue weighted by Crippen LogP contribution is -2.14. The van der Waals surface area contributed by atoms with Crippen molar-refractivity contribution in [2.24, 2.45) is 5.92 Å². The molecule has 1 atom stereocenters. The standard InChI is InChI=1S/C14H19BrO/c15-13-7-5-12(6-8-13)10-14(16)9-11-3-1-2-4-11/h5-8,11,14,16H,1-4,9-10H2. The van der Waals surface area contributed by atoms with Crippen molar-refractivity contribution in [3.05, 3.63) is 34.3 Å². The number of aliphatic hydroxyl groups excluding tert-OH is 1. The Hall–Kier alpha value is -0.340. The van der Waals surface area contributed by atoms with Crippen LogP contribution in [0.25, 0.3) is 0 Å². The van der Waals surface area contributed by atoms with Gasteiger partial charge in [-0.25, -0.2) is 0 Å². The Kier molecular flexibility index (Phi) is 4.42. The molecule has 0 saturated heterocycles. The summed E-state index contributed by atoms with van der Waals surface area (Å²) in [6, 6.07) is 8.25. The first-order chi connectivity index (χ1) is 7.74. The molecule has 1 aliphatic carbocycles. The largest absolute Gasteiger partial charge is 0.393 e. The van der Waals surface area contributed by atoms with E-state index in [-0.39, 0.29) is 6.10 Å². The van der Waals surface area contributed by atoms with Crippen molar-refractivity contribution in [1.29, 1.82) is 0 Å². The first kappa shape index (κ1) is 12.1. The third kappa shape index (κ3) is 3.60. The minimum absolute atomic E-state index is 0.163. The van der Waals surface area contributed by atoms with Gasteiger partial charge in [0.1, 0.15) is 0 Å². The SMILES string of the molecule is OC(Cc1ccc(Br)cc1)CC1CCCC1. The molecule has 0 aromatic heterocycles. The van der Waals surface area contributed by atoms with Gasteiger partial charge in [0.25, 0.3) is 0 Å². The fourth-order valence-electron chi connectivity index (χ4n) is 2.61. The molecule has 2 rings (SSSR count). The van der Waals surface area contributed by atoms with Gasteiger partial charge in [0.15, 0.2) is 0 Å². The summed E-state index contributed by atoms with van der Waals surface area (Å²) in [5.74, 6) is 0.769. The van der Waals surface area contributed by atoms with E-state index in [0.717, 1.165) is 23.2 Å². The molecule has 1 saturated carbocycles. The van der Waals surface area contributed by atoms with Crippen LogP contribution in [0.4, 0.5) is 0 Å². The molecule has 88 valence electrons. The fraction of sp³-hybridized carbons (Fsp3) is 0.571. The number of rotatable bonds is 4. The van der Waals surface area contributed by atoms with Crippen LogP contribution < -0.4 is 0 Å². The van der Waals surface area contributed by atoms with E-state index in [2.05, 4.69) is 28.1 Å². The second kappa shape index (κ2) is 5.83. The minimum Gasteiger partial charge on any atom is -0.393 e. The molecule has 0 amide bonds. The Morgan fingerprint density at radius 1 is 1.19 bits per heavy atom. The average molecular weight is 283 g/mol. The van der Waals surface area contributed by atoms with Gasteiger partial charge in [0.05, 0.1) is 6.10 Å². The van der Waals surface area contributed by atoms with Gasteiger partial charge >= 0.3 is 0 Å². The number of benzene rings is 1. The molecule has 0 spiro atoms. The van der Waals surface area contributed by atoms with Crippen LogP contribution in [-0.4, -0.2) is 11.2 Å². The van der Waals surface area contributed by atoms with Crippen molar-refractivity contribution in [1.82, 2.24) is 0 Å². The number of hydrogen-bond donors (Lipinski definition) is 1. The maximum atomic E-state index is 10.0. The highest BCUT2D eigenvalue weighted by atomic mass is 79.9. The topological polar surface area (TPSA) is 20.2 Å². The predicted molar refractivity (Wildman–Crippen MR) is 70.4 cm³/mol. The van der Waals surface area contributed by atoms with Gasteiger partial charge in [-0.3, -0.25) is 0 Å². The molecule has 16 heavy (non-hydrogen) atoms. The number of hydrogen-bond acceptors (Lipinski definition) is 1. The van der Waals surface area contributed by atoms with E-state index in [1.165, 1.54) is 31.2 Å². The molecule has 0 bridgehead atoms. The second-order valence-corrected chi connectivity index (χ2v) is 5.79. The Balaban J connectivity index is 1.81. The Morgan fingerprint density at radius 3 is 2.44 bits per heavy atom. The van der Waals surface area contributed by atoms with E-state index in [9.17, 15) is 5.11 Å². The molecule has 1 aromatic carbocycles. The first-order valence-corrected chi connectivity index (χ1v) is 6.96. The van der Waals surface area contributed by atoms with Crippen LogP contribution in [-0.2, 0) is 6.42 Å². The Bertz CT molecular complexity index is 314. The molecule has 1 nitrogen and oxygen atoms in total. The van der Waals surface area contributed by atoms with Gasteiger partial charge in [-0.2, -0.15) is 0 Å². The van der Waals surface area contributed by atoms with Crippen LogP contribution in [0.5, 0.6) is 0 Å². The summed E-state index contributed by atoms with van der Waals surface area (Å²) in [7, 11) is 0. The smallest absolute Gasteiger partial charge is 0.0583 e. The van der Waals surface area contributed by atoms with Crippen molar-refractivity contribution in [3.63, 3.8) is 0 Å². The average Bonchev–Trinajstić information content (AvgIpc) is 2.74. The number of halogens is 1. The molecular formula is C14H19BrO. The van der Waals surface area contributed by atoms with Crippen molar-refractivity contribution >= 4 is 15.9 Å². The van der Waals surface area contributed by atoms with Crippen LogP contribution in [0.2, 0.25) is 0 Å². The summed E-state index contributed by atoms with van der Waals surface area (Å²) in [6.07, 6.45) is 6.96. The maximum absolute atomic E-state index is 10.0. The molecule has 2 heteroatoms. The molecule has 0 heterocycles. The van der Waals surface area contributed by atoms with Gasteiger partial charge in [-0.1, -0.05) is 53.7 Å². The van der Waals surface area contributed by atoms with Gasteiger partial charge in [-0.05, 0) is 36.5 Å². The lowest BCUT2D eigenvalue weighted by atomic mass is 9.96. The molecule has 1 fully saturated rings.